The topological polar surface area (TPSA) is 38.4 Å². The molecule has 0 spiro atoms. The van der Waals surface area contributed by atoms with E-state index in [1.54, 1.807) is 24.3 Å². The largest absolute Gasteiger partial charge is 0.416 e. The van der Waals surface area contributed by atoms with Crippen LogP contribution < -0.4 is 5.73 Å². The Kier molecular flexibility index (Phi) is 3.99. The van der Waals surface area contributed by atoms with E-state index in [1.165, 1.54) is 12.1 Å². The highest BCUT2D eigenvalue weighted by Gasteiger charge is 2.29. The maximum absolute atomic E-state index is 12.4. The second kappa shape index (κ2) is 5.54. The van der Waals surface area contributed by atoms with Gasteiger partial charge < -0.3 is 5.73 Å². The Balaban J connectivity index is 2.29. The zero-order chi connectivity index (χ0) is 14.8. The Morgan fingerprint density at radius 2 is 1.60 bits per heavy atom. The molecule has 6 heteroatoms. The maximum atomic E-state index is 12.4. The van der Waals surface area contributed by atoms with Crippen LogP contribution in [-0.4, -0.2) is 5.84 Å². The minimum absolute atomic E-state index is 0.148. The van der Waals surface area contributed by atoms with Crippen LogP contribution in [-0.2, 0) is 6.18 Å². The molecule has 0 aliphatic heterocycles. The van der Waals surface area contributed by atoms with Gasteiger partial charge in [0.25, 0.3) is 0 Å². The van der Waals surface area contributed by atoms with Crippen LogP contribution in [0.25, 0.3) is 0 Å². The average Bonchev–Trinajstić information content (AvgIpc) is 2.38. The number of nitrogens with two attached hydrogens (primary N) is 1. The monoisotopic (exact) mass is 298 g/mol. The van der Waals surface area contributed by atoms with E-state index < -0.39 is 11.7 Å². The van der Waals surface area contributed by atoms with Gasteiger partial charge in [-0.05, 0) is 36.4 Å². The van der Waals surface area contributed by atoms with Crippen molar-refractivity contribution in [1.82, 2.24) is 0 Å². The fraction of sp³-hybridized carbons (Fsp3) is 0.0714. The summed E-state index contributed by atoms with van der Waals surface area (Å²) in [6.07, 6.45) is -4.36. The number of benzene rings is 2. The number of amidine groups is 1. The molecule has 0 bridgehead atoms. The quantitative estimate of drug-likeness (QED) is 0.648. The fourth-order valence-corrected chi connectivity index (χ4v) is 1.83. The Morgan fingerprint density at radius 1 is 1.00 bits per heavy atom. The molecule has 0 fully saturated rings. The third-order valence-corrected chi connectivity index (χ3v) is 2.92. The predicted molar refractivity (Wildman–Crippen MR) is 73.3 cm³/mol. The Bertz CT molecular complexity index is 634. The minimum atomic E-state index is -4.36. The molecule has 0 unspecified atom stereocenters. The minimum Gasteiger partial charge on any atom is -0.383 e. The van der Waals surface area contributed by atoms with Crippen molar-refractivity contribution >= 4 is 23.1 Å². The van der Waals surface area contributed by atoms with Crippen molar-refractivity contribution in [2.75, 3.05) is 0 Å². The Labute approximate surface area is 118 Å². The van der Waals surface area contributed by atoms with Gasteiger partial charge in [0.2, 0.25) is 0 Å². The van der Waals surface area contributed by atoms with E-state index >= 15 is 0 Å². The van der Waals surface area contributed by atoms with Crippen molar-refractivity contribution in [2.24, 2.45) is 10.7 Å². The number of aliphatic imine (C=N–C) groups is 1. The van der Waals surface area contributed by atoms with Crippen molar-refractivity contribution in [3.05, 3.63) is 64.7 Å². The summed E-state index contributed by atoms with van der Waals surface area (Å²) < 4.78 is 37.3. The van der Waals surface area contributed by atoms with Crippen molar-refractivity contribution in [2.45, 2.75) is 6.18 Å². The predicted octanol–water partition coefficient (Wildman–Crippen LogP) is 4.40. The summed E-state index contributed by atoms with van der Waals surface area (Å²) in [5.74, 6) is 0.148. The van der Waals surface area contributed by atoms with Gasteiger partial charge in [0.05, 0.1) is 16.3 Å². The van der Waals surface area contributed by atoms with E-state index in [9.17, 15) is 13.2 Å². The van der Waals surface area contributed by atoms with Gasteiger partial charge >= 0.3 is 6.18 Å². The molecular formula is C14H10ClF3N2. The molecule has 0 amide bonds. The van der Waals surface area contributed by atoms with Gasteiger partial charge in [0, 0.05) is 5.56 Å². The third-order valence-electron chi connectivity index (χ3n) is 2.59. The SMILES string of the molecule is NC(=Nc1ccc(C(F)(F)F)cc1)c1ccccc1Cl. The van der Waals surface area contributed by atoms with Crippen molar-refractivity contribution < 1.29 is 13.2 Å². The van der Waals surface area contributed by atoms with Crippen LogP contribution in [0, 0.1) is 0 Å². The number of halogens is 4. The van der Waals surface area contributed by atoms with E-state index in [2.05, 4.69) is 4.99 Å². The van der Waals surface area contributed by atoms with E-state index in [0.29, 0.717) is 16.3 Å². The highest BCUT2D eigenvalue weighted by Crippen LogP contribution is 2.30. The van der Waals surface area contributed by atoms with Crippen LogP contribution in [0.1, 0.15) is 11.1 Å². The molecule has 20 heavy (non-hydrogen) atoms. The van der Waals surface area contributed by atoms with Crippen LogP contribution in [0.5, 0.6) is 0 Å². The first-order valence-electron chi connectivity index (χ1n) is 5.64. The van der Waals surface area contributed by atoms with Crippen LogP contribution in [0.2, 0.25) is 5.02 Å². The third kappa shape index (κ3) is 3.30. The smallest absolute Gasteiger partial charge is 0.383 e. The molecule has 2 aromatic rings. The zero-order valence-corrected chi connectivity index (χ0v) is 10.9. The lowest BCUT2D eigenvalue weighted by molar-refractivity contribution is -0.137. The standard InChI is InChI=1S/C14H10ClF3N2/c15-12-4-2-1-3-11(12)13(19)20-10-7-5-9(6-8-10)14(16,17)18/h1-8H,(H2,19,20). The fourth-order valence-electron chi connectivity index (χ4n) is 1.59. The molecule has 104 valence electrons. The highest BCUT2D eigenvalue weighted by molar-refractivity contribution is 6.34. The molecule has 0 heterocycles. The maximum Gasteiger partial charge on any atom is 0.416 e. The summed E-state index contributed by atoms with van der Waals surface area (Å²) in [5, 5.41) is 0.431. The molecule has 0 radical (unpaired) electrons. The van der Waals surface area contributed by atoms with Gasteiger partial charge in [-0.2, -0.15) is 13.2 Å². The summed E-state index contributed by atoms with van der Waals surface area (Å²) in [6.45, 7) is 0. The normalized spacial score (nSPS) is 12.5. The second-order valence-electron chi connectivity index (χ2n) is 4.02. The zero-order valence-electron chi connectivity index (χ0n) is 10.2. The van der Waals surface area contributed by atoms with Gasteiger partial charge in [-0.1, -0.05) is 23.7 Å². The van der Waals surface area contributed by atoms with E-state index in [1.807, 2.05) is 0 Å². The second-order valence-corrected chi connectivity index (χ2v) is 4.43. The van der Waals surface area contributed by atoms with Crippen LogP contribution in [0.3, 0.4) is 0 Å². The number of hydrogen-bond acceptors (Lipinski definition) is 1. The molecule has 0 atom stereocenters. The number of nitrogens with zero attached hydrogens (tertiary/aromatic N) is 1. The van der Waals surface area contributed by atoms with Crippen molar-refractivity contribution in [3.63, 3.8) is 0 Å². The van der Waals surface area contributed by atoms with E-state index in [0.717, 1.165) is 12.1 Å². The number of alkyl halides is 3. The molecule has 0 aliphatic rings. The lowest BCUT2D eigenvalue weighted by Crippen LogP contribution is -2.13. The Morgan fingerprint density at radius 3 is 2.15 bits per heavy atom. The van der Waals surface area contributed by atoms with Gasteiger partial charge in [0.1, 0.15) is 5.84 Å². The van der Waals surface area contributed by atoms with Gasteiger partial charge in [0.15, 0.2) is 0 Å². The van der Waals surface area contributed by atoms with Crippen molar-refractivity contribution in [3.8, 4) is 0 Å². The lowest BCUT2D eigenvalue weighted by atomic mass is 10.2. The molecule has 2 nitrogen and oxygen atoms in total. The first-order chi connectivity index (χ1) is 9.38. The first kappa shape index (κ1) is 14.4. The van der Waals surface area contributed by atoms with Gasteiger partial charge in [-0.25, -0.2) is 4.99 Å². The molecular weight excluding hydrogens is 289 g/mol. The van der Waals surface area contributed by atoms with Crippen molar-refractivity contribution in [1.29, 1.82) is 0 Å². The van der Waals surface area contributed by atoms with Gasteiger partial charge in [-0.15, -0.1) is 0 Å². The van der Waals surface area contributed by atoms with E-state index in [-0.39, 0.29) is 5.84 Å². The lowest BCUT2D eigenvalue weighted by Gasteiger charge is -2.07. The Hall–Kier alpha value is -2.01. The van der Waals surface area contributed by atoms with Crippen LogP contribution >= 0.6 is 11.6 Å². The average molecular weight is 299 g/mol. The number of rotatable bonds is 2. The molecule has 2 aromatic carbocycles. The van der Waals surface area contributed by atoms with E-state index in [4.69, 9.17) is 17.3 Å². The highest BCUT2D eigenvalue weighted by atomic mass is 35.5. The first-order valence-corrected chi connectivity index (χ1v) is 6.02. The summed E-state index contributed by atoms with van der Waals surface area (Å²) in [7, 11) is 0. The molecule has 0 aliphatic carbocycles. The summed E-state index contributed by atoms with van der Waals surface area (Å²) in [4.78, 5) is 4.06. The summed E-state index contributed by atoms with van der Waals surface area (Å²) in [5.41, 5.74) is 5.93. The molecule has 0 saturated carbocycles. The number of hydrogen-bond donors (Lipinski definition) is 1. The van der Waals surface area contributed by atoms with Crippen LogP contribution in [0.15, 0.2) is 53.5 Å². The molecule has 0 saturated heterocycles. The molecule has 0 aromatic heterocycles. The van der Waals surface area contributed by atoms with Crippen LogP contribution in [0.4, 0.5) is 18.9 Å². The summed E-state index contributed by atoms with van der Waals surface area (Å²) in [6, 6.07) is 11.3. The van der Waals surface area contributed by atoms with Gasteiger partial charge in [-0.3, -0.25) is 0 Å². The molecule has 2 N–H and O–H groups in total. The summed E-state index contributed by atoms with van der Waals surface area (Å²) >= 11 is 5.96. The molecule has 2 rings (SSSR count).